The van der Waals surface area contributed by atoms with E-state index in [9.17, 15) is 38.7 Å². The van der Waals surface area contributed by atoms with E-state index in [0.29, 0.717) is 59.0 Å². The Hall–Kier alpha value is -6.39. The smallest absolute Gasteiger partial charge is 0.407 e. The van der Waals surface area contributed by atoms with Gasteiger partial charge in [0.25, 0.3) is 0 Å². The molecule has 0 bridgehead atoms. The van der Waals surface area contributed by atoms with Crippen molar-refractivity contribution < 1.29 is 29.1 Å². The molecule has 2 aromatic heterocycles. The number of aromatic nitrogens is 4. The number of amides is 5. The van der Waals surface area contributed by atoms with E-state index in [2.05, 4.69) is 34.3 Å². The Balaban J connectivity index is 0.000000218. The van der Waals surface area contributed by atoms with Gasteiger partial charge in [-0.05, 0) is 57.9 Å². The summed E-state index contributed by atoms with van der Waals surface area (Å²) < 4.78 is 5.80. The highest BCUT2D eigenvalue weighted by Crippen LogP contribution is 2.26. The molecule has 2 fully saturated rings. The van der Waals surface area contributed by atoms with Gasteiger partial charge in [0.1, 0.15) is 12.1 Å². The van der Waals surface area contributed by atoms with E-state index < -0.39 is 35.5 Å². The second-order valence-electron chi connectivity index (χ2n) is 14.2. The van der Waals surface area contributed by atoms with Crippen molar-refractivity contribution >= 4 is 51.8 Å². The average Bonchev–Trinajstić information content (AvgIpc) is 3.52. The normalized spacial score (nSPS) is 17.0. The Kier molecular flexibility index (Phi) is 11.8. The van der Waals surface area contributed by atoms with Gasteiger partial charge >= 0.3 is 17.5 Å². The number of imidazole rings is 2. The van der Waals surface area contributed by atoms with E-state index in [0.717, 1.165) is 0 Å². The molecule has 5 N–H and O–H groups in total. The van der Waals surface area contributed by atoms with Crippen LogP contribution in [0.1, 0.15) is 82.5 Å². The Labute approximate surface area is 316 Å². The third-order valence-electron chi connectivity index (χ3n) is 9.47. The number of imide groups is 2. The fourth-order valence-corrected chi connectivity index (χ4v) is 6.81. The molecule has 16 nitrogen and oxygen atoms in total. The SMILES string of the molecule is Cn1c(=O)n(C2CCC(=O)NC2=O)c2cccc(C#CCCN(C(=O)O)C(C)(C)C)c21.Cn1c(=O)n(C2CCC(=O)NC2=O)c2cccc(C#CCCN)c21. The molecular weight excluding hydrogens is 708 g/mol. The average molecular weight is 753 g/mol. The Morgan fingerprint density at radius 3 is 1.60 bits per heavy atom. The molecule has 2 atom stereocenters. The number of fused-ring (bicyclic) bond motifs is 2. The number of nitrogens with one attached hydrogen (secondary N) is 2. The van der Waals surface area contributed by atoms with Gasteiger partial charge in [-0.15, -0.1) is 0 Å². The second kappa shape index (κ2) is 16.3. The lowest BCUT2D eigenvalue weighted by atomic mass is 10.1. The van der Waals surface area contributed by atoms with Gasteiger partial charge in [-0.1, -0.05) is 35.8 Å². The van der Waals surface area contributed by atoms with Crippen molar-refractivity contribution in [2.24, 2.45) is 19.8 Å². The minimum Gasteiger partial charge on any atom is -0.465 e. The highest BCUT2D eigenvalue weighted by atomic mass is 16.4. The first-order valence-corrected chi connectivity index (χ1v) is 17.8. The highest BCUT2D eigenvalue weighted by molar-refractivity contribution is 6.01. The van der Waals surface area contributed by atoms with Crippen LogP contribution < -0.4 is 27.7 Å². The minimum atomic E-state index is -1.000. The molecule has 16 heteroatoms. The molecule has 2 aliphatic heterocycles. The van der Waals surface area contributed by atoms with E-state index in [1.54, 1.807) is 44.4 Å². The topological polar surface area (TPSA) is 213 Å². The fourth-order valence-electron chi connectivity index (χ4n) is 6.81. The van der Waals surface area contributed by atoms with E-state index in [4.69, 9.17) is 5.73 Å². The number of para-hydroxylation sites is 2. The molecule has 0 saturated carbocycles. The maximum Gasteiger partial charge on any atom is 0.407 e. The zero-order valence-electron chi connectivity index (χ0n) is 31.4. The number of carbonyl (C=O) groups is 5. The monoisotopic (exact) mass is 752 g/mol. The standard InChI is InChI=1S/C22H26N4O5.C17H18N4O3/c1-22(2,3)25(21(30)31)13-6-5-8-14-9-7-10-15-18(14)24(4)20(29)26(15)16-11-12-17(27)23-19(16)28;1-20-15-11(5-2-3-10-18)6-4-7-12(15)21(17(20)24)13-8-9-14(22)19-16(13)23/h7,9-10,16H,6,11-13H2,1-4H3,(H,30,31)(H,23,27,28);4,6-7,13H,3,8-10,18H2,1H3,(H,19,22,23). The van der Waals surface area contributed by atoms with Crippen molar-refractivity contribution in [3.8, 4) is 23.7 Å². The number of hydrogen-bond donors (Lipinski definition) is 4. The number of carboxylic acid groups (broad SMARTS) is 1. The van der Waals surface area contributed by atoms with Crippen LogP contribution in [0, 0.1) is 23.7 Å². The molecule has 0 aliphatic carbocycles. The molecular formula is C39H44N8O8. The molecule has 2 saturated heterocycles. The summed E-state index contributed by atoms with van der Waals surface area (Å²) in [6.45, 7) is 6.20. The number of hydrogen-bond acceptors (Lipinski definition) is 8. The summed E-state index contributed by atoms with van der Waals surface area (Å²) >= 11 is 0. The number of benzene rings is 2. The fraction of sp³-hybridized carbons (Fsp3) is 0.410. The Morgan fingerprint density at radius 2 is 1.22 bits per heavy atom. The molecule has 0 spiro atoms. The summed E-state index contributed by atoms with van der Waals surface area (Å²) in [4.78, 5) is 85.7. The van der Waals surface area contributed by atoms with Crippen LogP contribution in [0.15, 0.2) is 46.0 Å². The van der Waals surface area contributed by atoms with Crippen LogP contribution in [0.5, 0.6) is 0 Å². The molecule has 4 heterocycles. The zero-order chi connectivity index (χ0) is 40.2. The third kappa shape index (κ3) is 8.24. The van der Waals surface area contributed by atoms with Crippen molar-refractivity contribution in [1.82, 2.24) is 33.8 Å². The molecule has 55 heavy (non-hydrogen) atoms. The van der Waals surface area contributed by atoms with Gasteiger partial charge in [0.05, 0.1) is 33.2 Å². The lowest BCUT2D eigenvalue weighted by Gasteiger charge is -2.32. The molecule has 2 unspecified atom stereocenters. The predicted octanol–water partition coefficient (Wildman–Crippen LogP) is 1.86. The molecule has 5 amide bonds. The van der Waals surface area contributed by atoms with Crippen LogP contribution in [0.2, 0.25) is 0 Å². The van der Waals surface area contributed by atoms with Gasteiger partial charge in [0.15, 0.2) is 0 Å². The number of nitrogens with two attached hydrogens (primary N) is 1. The van der Waals surface area contributed by atoms with E-state index in [-0.39, 0.29) is 49.0 Å². The van der Waals surface area contributed by atoms with Crippen LogP contribution in [-0.2, 0) is 33.3 Å². The first-order valence-electron chi connectivity index (χ1n) is 17.8. The third-order valence-corrected chi connectivity index (χ3v) is 9.47. The summed E-state index contributed by atoms with van der Waals surface area (Å²) in [5, 5.41) is 14.0. The van der Waals surface area contributed by atoms with Crippen LogP contribution in [0.3, 0.4) is 0 Å². The maximum absolute atomic E-state index is 12.9. The van der Waals surface area contributed by atoms with Crippen molar-refractivity contribution in [2.45, 2.75) is 76.9 Å². The number of nitrogens with zero attached hydrogens (tertiary/aromatic N) is 5. The Bertz CT molecular complexity index is 2460. The van der Waals surface area contributed by atoms with Gasteiger partial charge in [0.2, 0.25) is 23.6 Å². The molecule has 2 aliphatic rings. The summed E-state index contributed by atoms with van der Waals surface area (Å²) in [6, 6.07) is 9.26. The predicted molar refractivity (Wildman–Crippen MR) is 204 cm³/mol. The summed E-state index contributed by atoms with van der Waals surface area (Å²) in [7, 11) is 3.27. The zero-order valence-corrected chi connectivity index (χ0v) is 31.4. The minimum absolute atomic E-state index is 0.173. The van der Waals surface area contributed by atoms with Crippen molar-refractivity contribution in [2.75, 3.05) is 13.1 Å². The lowest BCUT2D eigenvalue weighted by molar-refractivity contribution is -0.137. The molecule has 4 aromatic rings. The van der Waals surface area contributed by atoms with Crippen LogP contribution in [-0.4, -0.2) is 76.6 Å². The maximum atomic E-state index is 12.9. The van der Waals surface area contributed by atoms with Crippen molar-refractivity contribution in [3.63, 3.8) is 0 Å². The van der Waals surface area contributed by atoms with Gasteiger partial charge in [0, 0.05) is 58.4 Å². The number of carbonyl (C=O) groups excluding carboxylic acids is 4. The summed E-state index contributed by atoms with van der Waals surface area (Å²) in [6.07, 6.45) is 0.867. The lowest BCUT2D eigenvalue weighted by Crippen LogP contribution is -2.45. The van der Waals surface area contributed by atoms with E-state index in [1.165, 1.54) is 23.2 Å². The van der Waals surface area contributed by atoms with E-state index in [1.807, 2.05) is 26.8 Å². The number of aryl methyl sites for hydroxylation is 2. The second-order valence-corrected chi connectivity index (χ2v) is 14.2. The van der Waals surface area contributed by atoms with Gasteiger partial charge in [-0.25, -0.2) is 14.4 Å². The van der Waals surface area contributed by atoms with Crippen molar-refractivity contribution in [3.05, 3.63) is 68.5 Å². The summed E-state index contributed by atoms with van der Waals surface area (Å²) in [5.41, 5.74) is 8.06. The molecule has 6 rings (SSSR count). The molecule has 2 aromatic carbocycles. The molecule has 288 valence electrons. The summed E-state index contributed by atoms with van der Waals surface area (Å²) in [5.74, 6) is 10.5. The van der Waals surface area contributed by atoms with Crippen molar-refractivity contribution in [1.29, 1.82) is 0 Å². The van der Waals surface area contributed by atoms with Gasteiger partial charge in [-0.3, -0.25) is 48.1 Å². The van der Waals surface area contributed by atoms with Crippen LogP contribution >= 0.6 is 0 Å². The quantitative estimate of drug-likeness (QED) is 0.173. The van der Waals surface area contributed by atoms with E-state index >= 15 is 0 Å². The number of rotatable bonds is 5. The van der Waals surface area contributed by atoms with Gasteiger partial charge in [-0.2, -0.15) is 0 Å². The highest BCUT2D eigenvalue weighted by Gasteiger charge is 2.33. The first kappa shape index (κ1) is 39.8. The van der Waals surface area contributed by atoms with Crippen LogP contribution in [0.25, 0.3) is 22.1 Å². The first-order chi connectivity index (χ1) is 26.1. The van der Waals surface area contributed by atoms with Crippen LogP contribution in [0.4, 0.5) is 4.79 Å². The number of piperidine rings is 2. The van der Waals surface area contributed by atoms with Gasteiger partial charge < -0.3 is 15.7 Å². The Morgan fingerprint density at radius 1 is 0.782 bits per heavy atom. The largest absolute Gasteiger partial charge is 0.465 e. The molecule has 0 radical (unpaired) electrons.